The van der Waals surface area contributed by atoms with Gasteiger partial charge in [0.2, 0.25) is 0 Å². The molecule has 2 heteroatoms. The van der Waals surface area contributed by atoms with Crippen LogP contribution in [-0.4, -0.2) is 24.6 Å². The van der Waals surface area contributed by atoms with Crippen molar-refractivity contribution in [1.82, 2.24) is 5.32 Å². The highest BCUT2D eigenvalue weighted by Gasteiger charge is 2.49. The maximum absolute atomic E-state index is 3.73. The smallest absolute Gasteiger partial charge is 0.00129 e. The Kier molecular flexibility index (Phi) is 4.82. The lowest BCUT2D eigenvalue weighted by Gasteiger charge is -2.39. The lowest BCUT2D eigenvalue weighted by Crippen LogP contribution is -2.41. The summed E-state index contributed by atoms with van der Waals surface area (Å²) in [5.41, 5.74) is 0.670. The van der Waals surface area contributed by atoms with E-state index < -0.39 is 0 Å². The third-order valence-electron chi connectivity index (χ3n) is 4.99. The summed E-state index contributed by atoms with van der Waals surface area (Å²) >= 11 is 2.01. The maximum Gasteiger partial charge on any atom is 0.00129 e. The number of rotatable bonds is 7. The SMILES string of the molecule is CSCCCC1(CNC(C)C)CC2CCC1C2. The van der Waals surface area contributed by atoms with Gasteiger partial charge >= 0.3 is 0 Å². The van der Waals surface area contributed by atoms with E-state index in [-0.39, 0.29) is 0 Å². The molecule has 0 aromatic heterocycles. The van der Waals surface area contributed by atoms with Crippen LogP contribution in [0.2, 0.25) is 0 Å². The molecule has 3 atom stereocenters. The molecule has 0 spiro atoms. The molecule has 0 aliphatic heterocycles. The highest BCUT2D eigenvalue weighted by molar-refractivity contribution is 7.98. The first-order chi connectivity index (χ1) is 8.16. The molecule has 0 radical (unpaired) electrons. The van der Waals surface area contributed by atoms with Gasteiger partial charge in [-0.15, -0.1) is 0 Å². The minimum atomic E-state index is 0.645. The topological polar surface area (TPSA) is 12.0 Å². The molecule has 2 aliphatic rings. The predicted molar refractivity (Wildman–Crippen MR) is 78.6 cm³/mol. The summed E-state index contributed by atoms with van der Waals surface area (Å²) in [6, 6.07) is 0.645. The van der Waals surface area contributed by atoms with Crippen molar-refractivity contribution in [2.24, 2.45) is 17.3 Å². The maximum atomic E-state index is 3.73. The van der Waals surface area contributed by atoms with Gasteiger partial charge in [0.15, 0.2) is 0 Å². The fraction of sp³-hybridized carbons (Fsp3) is 1.00. The zero-order valence-corrected chi connectivity index (χ0v) is 12.6. The molecule has 3 unspecified atom stereocenters. The lowest BCUT2D eigenvalue weighted by molar-refractivity contribution is 0.138. The third-order valence-corrected chi connectivity index (χ3v) is 5.68. The van der Waals surface area contributed by atoms with Crippen LogP contribution in [0.25, 0.3) is 0 Å². The minimum absolute atomic E-state index is 0.645. The van der Waals surface area contributed by atoms with Crippen molar-refractivity contribution in [1.29, 1.82) is 0 Å². The standard InChI is InChI=1S/C15H29NS/c1-12(2)16-11-15(7-4-8-17-3)10-13-5-6-14(15)9-13/h12-14,16H,4-11H2,1-3H3. The molecule has 2 bridgehead atoms. The van der Waals surface area contributed by atoms with Crippen LogP contribution in [0.15, 0.2) is 0 Å². The van der Waals surface area contributed by atoms with Gasteiger partial charge in [-0.3, -0.25) is 0 Å². The Bertz CT molecular complexity index is 241. The van der Waals surface area contributed by atoms with E-state index in [2.05, 4.69) is 25.4 Å². The first kappa shape index (κ1) is 13.7. The van der Waals surface area contributed by atoms with Gasteiger partial charge in [0.05, 0.1) is 0 Å². The van der Waals surface area contributed by atoms with Gasteiger partial charge in [-0.25, -0.2) is 0 Å². The highest BCUT2D eigenvalue weighted by Crippen LogP contribution is 2.57. The molecule has 2 rings (SSSR count). The Balaban J connectivity index is 1.92. The molecule has 0 saturated heterocycles. The number of nitrogens with one attached hydrogen (secondary N) is 1. The van der Waals surface area contributed by atoms with Crippen LogP contribution < -0.4 is 5.32 Å². The second kappa shape index (κ2) is 5.97. The van der Waals surface area contributed by atoms with Crippen LogP contribution in [0.3, 0.4) is 0 Å². The van der Waals surface area contributed by atoms with E-state index in [0.29, 0.717) is 11.5 Å². The van der Waals surface area contributed by atoms with E-state index in [0.717, 1.165) is 11.8 Å². The van der Waals surface area contributed by atoms with Crippen molar-refractivity contribution in [3.8, 4) is 0 Å². The predicted octanol–water partition coefficient (Wildman–Crippen LogP) is 3.93. The minimum Gasteiger partial charge on any atom is -0.314 e. The zero-order valence-electron chi connectivity index (χ0n) is 11.8. The fourth-order valence-electron chi connectivity index (χ4n) is 4.15. The number of fused-ring (bicyclic) bond motifs is 2. The lowest BCUT2D eigenvalue weighted by atomic mass is 9.70. The van der Waals surface area contributed by atoms with Crippen LogP contribution >= 0.6 is 11.8 Å². The van der Waals surface area contributed by atoms with Crippen LogP contribution in [0, 0.1) is 17.3 Å². The summed E-state index contributed by atoms with van der Waals surface area (Å²) in [4.78, 5) is 0. The second-order valence-corrected chi connectivity index (χ2v) is 7.56. The van der Waals surface area contributed by atoms with Crippen LogP contribution in [0.1, 0.15) is 52.4 Å². The molecule has 0 aromatic rings. The molecule has 0 heterocycles. The molecule has 0 amide bonds. The number of thioether (sulfide) groups is 1. The molecule has 0 aromatic carbocycles. The largest absolute Gasteiger partial charge is 0.314 e. The van der Waals surface area contributed by atoms with E-state index in [1.54, 1.807) is 6.42 Å². The van der Waals surface area contributed by atoms with E-state index in [4.69, 9.17) is 0 Å². The van der Waals surface area contributed by atoms with Crippen molar-refractivity contribution >= 4 is 11.8 Å². The quantitative estimate of drug-likeness (QED) is 0.692. The monoisotopic (exact) mass is 255 g/mol. The molecular formula is C15H29NS. The summed E-state index contributed by atoms with van der Waals surface area (Å²) in [5, 5.41) is 3.73. The molecule has 1 N–H and O–H groups in total. The Hall–Kier alpha value is 0.310. The van der Waals surface area contributed by atoms with Crippen molar-refractivity contribution in [3.05, 3.63) is 0 Å². The molecule has 2 fully saturated rings. The first-order valence-electron chi connectivity index (χ1n) is 7.38. The fourth-order valence-corrected chi connectivity index (χ4v) is 4.58. The van der Waals surface area contributed by atoms with E-state index in [1.165, 1.54) is 44.4 Å². The van der Waals surface area contributed by atoms with E-state index in [9.17, 15) is 0 Å². The van der Waals surface area contributed by atoms with Gasteiger partial charge in [0, 0.05) is 12.6 Å². The molecule has 100 valence electrons. The Morgan fingerprint density at radius 2 is 2.18 bits per heavy atom. The van der Waals surface area contributed by atoms with Gasteiger partial charge in [0.1, 0.15) is 0 Å². The molecular weight excluding hydrogens is 226 g/mol. The Morgan fingerprint density at radius 1 is 1.35 bits per heavy atom. The van der Waals surface area contributed by atoms with Crippen molar-refractivity contribution in [2.45, 2.75) is 58.4 Å². The highest BCUT2D eigenvalue weighted by atomic mass is 32.2. The van der Waals surface area contributed by atoms with E-state index >= 15 is 0 Å². The van der Waals surface area contributed by atoms with Gasteiger partial charge in [-0.2, -0.15) is 11.8 Å². The van der Waals surface area contributed by atoms with Gasteiger partial charge in [0.25, 0.3) is 0 Å². The van der Waals surface area contributed by atoms with Crippen LogP contribution in [0.4, 0.5) is 0 Å². The van der Waals surface area contributed by atoms with Crippen molar-refractivity contribution in [2.75, 3.05) is 18.6 Å². The van der Waals surface area contributed by atoms with Crippen molar-refractivity contribution < 1.29 is 0 Å². The van der Waals surface area contributed by atoms with Gasteiger partial charge in [-0.05, 0) is 61.4 Å². The van der Waals surface area contributed by atoms with E-state index in [1.807, 2.05) is 11.8 Å². The summed E-state index contributed by atoms with van der Waals surface area (Å²) in [6.45, 7) is 5.84. The van der Waals surface area contributed by atoms with Crippen LogP contribution in [-0.2, 0) is 0 Å². The Labute approximate surface area is 112 Å². The normalized spacial score (nSPS) is 36.0. The number of hydrogen-bond donors (Lipinski definition) is 1. The van der Waals surface area contributed by atoms with Crippen molar-refractivity contribution in [3.63, 3.8) is 0 Å². The van der Waals surface area contributed by atoms with Gasteiger partial charge < -0.3 is 5.32 Å². The molecule has 1 nitrogen and oxygen atoms in total. The zero-order chi connectivity index (χ0) is 12.3. The average Bonchev–Trinajstić information content (AvgIpc) is 2.87. The molecule has 2 saturated carbocycles. The summed E-state index contributed by atoms with van der Waals surface area (Å²) in [6.07, 6.45) is 11.2. The average molecular weight is 255 g/mol. The molecule has 2 aliphatic carbocycles. The summed E-state index contributed by atoms with van der Waals surface area (Å²) in [5.74, 6) is 3.46. The molecule has 17 heavy (non-hydrogen) atoms. The van der Waals surface area contributed by atoms with Crippen LogP contribution in [0.5, 0.6) is 0 Å². The Morgan fingerprint density at radius 3 is 2.71 bits per heavy atom. The summed E-state index contributed by atoms with van der Waals surface area (Å²) in [7, 11) is 0. The van der Waals surface area contributed by atoms with Gasteiger partial charge in [-0.1, -0.05) is 20.3 Å². The number of hydrogen-bond acceptors (Lipinski definition) is 2. The second-order valence-electron chi connectivity index (χ2n) is 6.57. The summed E-state index contributed by atoms with van der Waals surface area (Å²) < 4.78 is 0. The third kappa shape index (κ3) is 3.20. The first-order valence-corrected chi connectivity index (χ1v) is 8.78.